The van der Waals surface area contributed by atoms with E-state index in [1.165, 1.54) is 44.1 Å². The third kappa shape index (κ3) is 6.64. The van der Waals surface area contributed by atoms with E-state index >= 15 is 0 Å². The Kier molecular flexibility index (Phi) is 8.17. The molecule has 0 radical (unpaired) electrons. The van der Waals surface area contributed by atoms with Crippen LogP contribution in [0, 0.1) is 0 Å². The number of aryl methyl sites for hydroxylation is 1. The summed E-state index contributed by atoms with van der Waals surface area (Å²) in [6.07, 6.45) is 14.1. The zero-order valence-electron chi connectivity index (χ0n) is 17.6. The molecule has 0 N–H and O–H groups in total. The number of aromatic nitrogens is 2. The van der Waals surface area contributed by atoms with Crippen molar-refractivity contribution in [2.75, 3.05) is 0 Å². The van der Waals surface area contributed by atoms with Gasteiger partial charge in [0.05, 0.1) is 6.10 Å². The molecule has 5 heteroatoms. The number of carbonyl (C=O) groups is 1. The number of nitrogens with zero attached hydrogens (tertiary/aromatic N) is 2. The van der Waals surface area contributed by atoms with E-state index in [2.05, 4.69) is 23.8 Å². The minimum atomic E-state index is -0.405. The molecule has 29 heavy (non-hydrogen) atoms. The molecule has 0 bridgehead atoms. The van der Waals surface area contributed by atoms with Gasteiger partial charge in [-0.3, -0.25) is 0 Å². The molecule has 0 amide bonds. The fourth-order valence-electron chi connectivity index (χ4n) is 3.44. The van der Waals surface area contributed by atoms with Gasteiger partial charge in [0.25, 0.3) is 0 Å². The first-order valence-corrected chi connectivity index (χ1v) is 11.0. The Bertz CT molecular complexity index is 759. The largest absolute Gasteiger partial charge is 0.425 e. The molecule has 1 aliphatic rings. The summed E-state index contributed by atoms with van der Waals surface area (Å²) in [5.74, 6) is 0.888. The monoisotopic (exact) mass is 396 g/mol. The van der Waals surface area contributed by atoms with Crippen LogP contribution >= 0.6 is 0 Å². The number of benzene rings is 1. The summed E-state index contributed by atoms with van der Waals surface area (Å²) in [6, 6.07) is 7.31. The summed E-state index contributed by atoms with van der Waals surface area (Å²) in [5.41, 5.74) is 2.09. The van der Waals surface area contributed by atoms with Crippen LogP contribution in [-0.4, -0.2) is 28.1 Å². The lowest BCUT2D eigenvalue weighted by atomic mass is 10.1. The standard InChI is InChI=1S/C24H32N2O3/c1-3-5-6-7-8-9-11-18-16-25-23(26-17-18)19-12-14-20(15-13-19)28-24(27)22-21(29-22)10-4-2/h12-17,21-22H,3-11H2,1-2H3/t21-,22+/m0/s1. The van der Waals surface area contributed by atoms with E-state index in [1.54, 1.807) is 12.1 Å². The highest BCUT2D eigenvalue weighted by Crippen LogP contribution is 2.28. The van der Waals surface area contributed by atoms with Gasteiger partial charge >= 0.3 is 5.97 Å². The summed E-state index contributed by atoms with van der Waals surface area (Å²) in [7, 11) is 0. The summed E-state index contributed by atoms with van der Waals surface area (Å²) < 4.78 is 10.8. The number of hydrogen-bond acceptors (Lipinski definition) is 5. The molecule has 0 aliphatic carbocycles. The molecule has 3 rings (SSSR count). The molecule has 0 saturated carbocycles. The average molecular weight is 397 g/mol. The first-order valence-electron chi connectivity index (χ1n) is 11.0. The Morgan fingerprint density at radius 3 is 2.34 bits per heavy atom. The van der Waals surface area contributed by atoms with E-state index < -0.39 is 6.10 Å². The summed E-state index contributed by atoms with van der Waals surface area (Å²) in [4.78, 5) is 21.0. The van der Waals surface area contributed by atoms with Gasteiger partial charge in [-0.25, -0.2) is 14.8 Å². The quantitative estimate of drug-likeness (QED) is 0.205. The summed E-state index contributed by atoms with van der Waals surface area (Å²) in [5, 5.41) is 0. The molecule has 5 nitrogen and oxygen atoms in total. The summed E-state index contributed by atoms with van der Waals surface area (Å²) in [6.45, 7) is 4.32. The lowest BCUT2D eigenvalue weighted by Crippen LogP contribution is -2.17. The van der Waals surface area contributed by atoms with E-state index in [0.717, 1.165) is 24.8 Å². The van der Waals surface area contributed by atoms with Crippen LogP contribution in [0.15, 0.2) is 36.7 Å². The van der Waals surface area contributed by atoms with Crippen molar-refractivity contribution < 1.29 is 14.3 Å². The highest BCUT2D eigenvalue weighted by Gasteiger charge is 2.45. The van der Waals surface area contributed by atoms with Crippen LogP contribution < -0.4 is 4.74 Å². The molecule has 0 spiro atoms. The van der Waals surface area contributed by atoms with Crippen LogP contribution in [-0.2, 0) is 16.0 Å². The van der Waals surface area contributed by atoms with Crippen molar-refractivity contribution in [2.45, 2.75) is 83.8 Å². The van der Waals surface area contributed by atoms with Crippen LogP contribution in [0.25, 0.3) is 11.4 Å². The molecular weight excluding hydrogens is 364 g/mol. The Labute approximate surface area is 173 Å². The van der Waals surface area contributed by atoms with Gasteiger partial charge < -0.3 is 9.47 Å². The second-order valence-electron chi connectivity index (χ2n) is 7.76. The van der Waals surface area contributed by atoms with E-state index in [0.29, 0.717) is 11.6 Å². The number of unbranched alkanes of at least 4 members (excludes halogenated alkanes) is 5. The second kappa shape index (κ2) is 11.1. The lowest BCUT2D eigenvalue weighted by Gasteiger charge is -2.05. The maximum Gasteiger partial charge on any atom is 0.343 e. The van der Waals surface area contributed by atoms with Crippen molar-refractivity contribution >= 4 is 5.97 Å². The van der Waals surface area contributed by atoms with Crippen LogP contribution in [0.3, 0.4) is 0 Å². The summed E-state index contributed by atoms with van der Waals surface area (Å²) >= 11 is 0. The van der Waals surface area contributed by atoms with E-state index in [9.17, 15) is 4.79 Å². The number of hydrogen-bond donors (Lipinski definition) is 0. The van der Waals surface area contributed by atoms with Gasteiger partial charge in [0.15, 0.2) is 11.9 Å². The Morgan fingerprint density at radius 1 is 0.966 bits per heavy atom. The SMILES string of the molecule is CCCCCCCCc1cnc(-c2ccc(OC(=O)[C@@H]3O[C@H]3CCC)cc2)nc1. The van der Waals surface area contributed by atoms with Crippen molar-refractivity contribution in [3.8, 4) is 17.1 Å². The van der Waals surface area contributed by atoms with Crippen LogP contribution in [0.1, 0.15) is 70.8 Å². The molecule has 1 saturated heterocycles. The third-order valence-electron chi connectivity index (χ3n) is 5.24. The molecule has 0 unspecified atom stereocenters. The minimum Gasteiger partial charge on any atom is -0.425 e. The average Bonchev–Trinajstić information content (AvgIpc) is 3.51. The highest BCUT2D eigenvalue weighted by atomic mass is 16.6. The van der Waals surface area contributed by atoms with E-state index in [-0.39, 0.29) is 12.1 Å². The van der Waals surface area contributed by atoms with Crippen molar-refractivity contribution in [1.29, 1.82) is 0 Å². The van der Waals surface area contributed by atoms with Crippen molar-refractivity contribution in [3.63, 3.8) is 0 Å². The number of carbonyl (C=O) groups excluding carboxylic acids is 1. The van der Waals surface area contributed by atoms with Gasteiger partial charge in [0, 0.05) is 18.0 Å². The first-order chi connectivity index (χ1) is 14.2. The number of epoxide rings is 1. The normalized spacial score (nSPS) is 17.9. The fourth-order valence-corrected chi connectivity index (χ4v) is 3.44. The molecule has 1 fully saturated rings. The molecular formula is C24H32N2O3. The molecule has 2 aromatic rings. The van der Waals surface area contributed by atoms with Gasteiger partial charge in [-0.2, -0.15) is 0 Å². The zero-order chi connectivity index (χ0) is 20.5. The van der Waals surface area contributed by atoms with Crippen molar-refractivity contribution in [2.24, 2.45) is 0 Å². The van der Waals surface area contributed by atoms with Crippen LogP contribution in [0.2, 0.25) is 0 Å². The topological polar surface area (TPSA) is 64.6 Å². The minimum absolute atomic E-state index is 0.0232. The maximum absolute atomic E-state index is 12.0. The molecule has 1 aromatic heterocycles. The van der Waals surface area contributed by atoms with Crippen molar-refractivity contribution in [1.82, 2.24) is 9.97 Å². The predicted molar refractivity (Wildman–Crippen MR) is 114 cm³/mol. The Balaban J connectivity index is 1.45. The number of rotatable bonds is 12. The van der Waals surface area contributed by atoms with Gasteiger partial charge in [0.1, 0.15) is 5.75 Å². The second-order valence-corrected chi connectivity index (χ2v) is 7.76. The van der Waals surface area contributed by atoms with Crippen molar-refractivity contribution in [3.05, 3.63) is 42.2 Å². The Morgan fingerprint density at radius 2 is 1.66 bits per heavy atom. The lowest BCUT2D eigenvalue weighted by molar-refractivity contribution is -0.135. The molecule has 2 atom stereocenters. The first kappa shape index (κ1) is 21.4. The number of esters is 1. The third-order valence-corrected chi connectivity index (χ3v) is 5.24. The van der Waals surface area contributed by atoms with Gasteiger partial charge in [-0.1, -0.05) is 52.4 Å². The van der Waals surface area contributed by atoms with Crippen LogP contribution in [0.5, 0.6) is 5.75 Å². The van der Waals surface area contributed by atoms with E-state index in [1.807, 2.05) is 24.5 Å². The smallest absolute Gasteiger partial charge is 0.343 e. The molecule has 1 aliphatic heterocycles. The van der Waals surface area contributed by atoms with Gasteiger partial charge in [-0.15, -0.1) is 0 Å². The Hall–Kier alpha value is -2.27. The predicted octanol–water partition coefficient (Wildman–Crippen LogP) is 5.52. The highest BCUT2D eigenvalue weighted by molar-refractivity contribution is 5.80. The molecule has 156 valence electrons. The van der Waals surface area contributed by atoms with Gasteiger partial charge in [0.2, 0.25) is 0 Å². The van der Waals surface area contributed by atoms with E-state index in [4.69, 9.17) is 9.47 Å². The fraction of sp³-hybridized carbons (Fsp3) is 0.542. The van der Waals surface area contributed by atoms with Crippen LogP contribution in [0.4, 0.5) is 0 Å². The molecule has 1 aromatic carbocycles. The number of ether oxygens (including phenoxy) is 2. The zero-order valence-corrected chi connectivity index (χ0v) is 17.6. The maximum atomic E-state index is 12.0. The molecule has 2 heterocycles. The van der Waals surface area contributed by atoms with Gasteiger partial charge in [-0.05, 0) is 49.1 Å².